The standard InChI is InChI=1S/C31H26Cl2F4N2O3/c1-39(2)7-8-42-30-23(32)15-21(16-24(30)33)31(41)38-22-13-19(9-17-3-5-25(34)27(36)11-17)29(40)20(14-22)10-18-4-6-26(35)28(37)12-18/h3-6,9-12,15-16,22H,7-8,13-14H2,1-2H3,(H,38,41). The van der Waals surface area contributed by atoms with Crippen LogP contribution in [0.5, 0.6) is 5.75 Å². The predicted molar refractivity (Wildman–Crippen MR) is 155 cm³/mol. The number of hydrogen-bond donors (Lipinski definition) is 1. The molecule has 1 N–H and O–H groups in total. The fourth-order valence-corrected chi connectivity index (χ4v) is 4.98. The van der Waals surface area contributed by atoms with Crippen molar-refractivity contribution < 1.29 is 31.9 Å². The second kappa shape index (κ2) is 13.5. The first-order valence-corrected chi connectivity index (χ1v) is 13.6. The number of hydrogen-bond acceptors (Lipinski definition) is 4. The molecule has 1 aliphatic carbocycles. The minimum atomic E-state index is -1.09. The molecule has 1 aliphatic rings. The molecule has 0 bridgehead atoms. The van der Waals surface area contributed by atoms with E-state index in [0.717, 1.165) is 24.3 Å². The second-order valence-electron chi connectivity index (χ2n) is 10.0. The van der Waals surface area contributed by atoms with Crippen LogP contribution < -0.4 is 10.1 Å². The van der Waals surface area contributed by atoms with Gasteiger partial charge in [-0.2, -0.15) is 0 Å². The summed E-state index contributed by atoms with van der Waals surface area (Å²) in [5.41, 5.74) is 1.03. The van der Waals surface area contributed by atoms with Crippen molar-refractivity contribution in [1.29, 1.82) is 0 Å². The number of carbonyl (C=O) groups is 2. The molecule has 0 spiro atoms. The highest BCUT2D eigenvalue weighted by Crippen LogP contribution is 2.35. The van der Waals surface area contributed by atoms with E-state index in [1.165, 1.54) is 36.4 Å². The number of carbonyl (C=O) groups excluding carboxylic acids is 2. The summed E-state index contributed by atoms with van der Waals surface area (Å²) in [6.07, 6.45) is 2.92. The lowest BCUT2D eigenvalue weighted by Crippen LogP contribution is -2.39. The summed E-state index contributed by atoms with van der Waals surface area (Å²) in [7, 11) is 3.77. The van der Waals surface area contributed by atoms with Crippen LogP contribution in [0.1, 0.15) is 34.3 Å². The zero-order chi connectivity index (χ0) is 30.6. The van der Waals surface area contributed by atoms with E-state index in [-0.39, 0.29) is 56.5 Å². The van der Waals surface area contributed by atoms with E-state index in [0.29, 0.717) is 13.2 Å². The Balaban J connectivity index is 1.62. The van der Waals surface area contributed by atoms with Gasteiger partial charge in [0, 0.05) is 29.3 Å². The van der Waals surface area contributed by atoms with E-state index < -0.39 is 41.0 Å². The SMILES string of the molecule is CN(C)CCOc1c(Cl)cc(C(=O)NC2CC(=Cc3ccc(F)c(F)c3)C(=O)C(=Cc3ccc(F)c(F)c3)C2)cc1Cl. The average Bonchev–Trinajstić information content (AvgIpc) is 2.92. The van der Waals surface area contributed by atoms with Crippen LogP contribution in [0.15, 0.2) is 59.7 Å². The largest absolute Gasteiger partial charge is 0.489 e. The van der Waals surface area contributed by atoms with Gasteiger partial charge in [0.2, 0.25) is 0 Å². The topological polar surface area (TPSA) is 58.6 Å². The highest BCUT2D eigenvalue weighted by molar-refractivity contribution is 6.37. The van der Waals surface area contributed by atoms with Crippen molar-refractivity contribution in [2.45, 2.75) is 18.9 Å². The molecule has 0 heterocycles. The molecular formula is C31H26Cl2F4N2O3. The molecule has 1 saturated carbocycles. The molecule has 1 fully saturated rings. The van der Waals surface area contributed by atoms with Crippen LogP contribution in [0.4, 0.5) is 17.6 Å². The normalized spacial score (nSPS) is 17.3. The van der Waals surface area contributed by atoms with Crippen LogP contribution in [0.3, 0.4) is 0 Å². The van der Waals surface area contributed by atoms with Crippen LogP contribution in [0.25, 0.3) is 12.2 Å². The Hall–Kier alpha value is -3.66. The maximum atomic E-state index is 13.8. The summed E-state index contributed by atoms with van der Waals surface area (Å²) in [4.78, 5) is 28.5. The Morgan fingerprint density at radius 3 is 1.83 bits per heavy atom. The van der Waals surface area contributed by atoms with E-state index in [1.54, 1.807) is 0 Å². The molecule has 0 unspecified atom stereocenters. The lowest BCUT2D eigenvalue weighted by Gasteiger charge is -2.27. The zero-order valence-corrected chi connectivity index (χ0v) is 24.1. The van der Waals surface area contributed by atoms with E-state index in [2.05, 4.69) is 5.32 Å². The van der Waals surface area contributed by atoms with Gasteiger partial charge in [-0.05, 0) is 86.6 Å². The van der Waals surface area contributed by atoms with Gasteiger partial charge in [0.1, 0.15) is 6.61 Å². The summed E-state index contributed by atoms with van der Waals surface area (Å²) in [5.74, 6) is -4.97. The summed E-state index contributed by atoms with van der Waals surface area (Å²) in [5, 5.41) is 3.14. The van der Waals surface area contributed by atoms with Crippen LogP contribution in [0.2, 0.25) is 10.0 Å². The van der Waals surface area contributed by atoms with Gasteiger partial charge in [-0.15, -0.1) is 0 Å². The van der Waals surface area contributed by atoms with Crippen LogP contribution >= 0.6 is 23.2 Å². The van der Waals surface area contributed by atoms with E-state index in [4.69, 9.17) is 27.9 Å². The molecule has 4 rings (SSSR count). The van der Waals surface area contributed by atoms with Crippen molar-refractivity contribution in [2.75, 3.05) is 27.2 Å². The highest BCUT2D eigenvalue weighted by atomic mass is 35.5. The smallest absolute Gasteiger partial charge is 0.251 e. The van der Waals surface area contributed by atoms with Crippen molar-refractivity contribution >= 4 is 47.0 Å². The van der Waals surface area contributed by atoms with Crippen molar-refractivity contribution in [3.05, 3.63) is 110 Å². The van der Waals surface area contributed by atoms with Crippen molar-refractivity contribution in [3.63, 3.8) is 0 Å². The second-order valence-corrected chi connectivity index (χ2v) is 10.8. The number of likely N-dealkylation sites (N-methyl/N-ethyl adjacent to an activating group) is 1. The summed E-state index contributed by atoms with van der Waals surface area (Å²) >= 11 is 12.7. The number of nitrogens with one attached hydrogen (secondary N) is 1. The molecule has 42 heavy (non-hydrogen) atoms. The Morgan fingerprint density at radius 1 is 0.881 bits per heavy atom. The first-order valence-electron chi connectivity index (χ1n) is 12.8. The molecule has 3 aromatic rings. The Morgan fingerprint density at radius 2 is 1.38 bits per heavy atom. The average molecular weight is 621 g/mol. The van der Waals surface area contributed by atoms with Gasteiger partial charge in [-0.1, -0.05) is 35.3 Å². The fourth-order valence-electron chi connectivity index (χ4n) is 4.38. The summed E-state index contributed by atoms with van der Waals surface area (Å²) < 4.78 is 60.3. The number of ketones is 1. The molecule has 0 radical (unpaired) electrons. The molecule has 0 aromatic heterocycles. The van der Waals surface area contributed by atoms with E-state index in [9.17, 15) is 27.2 Å². The Kier molecular flexibility index (Phi) is 10.1. The van der Waals surface area contributed by atoms with Crippen LogP contribution in [-0.2, 0) is 4.79 Å². The number of amides is 1. The number of halogens is 6. The molecule has 0 aliphatic heterocycles. The van der Waals surface area contributed by atoms with Crippen LogP contribution in [0, 0.1) is 23.3 Å². The molecule has 0 atom stereocenters. The number of ether oxygens (including phenoxy) is 1. The number of nitrogens with zero attached hydrogens (tertiary/aromatic N) is 1. The van der Waals surface area contributed by atoms with Crippen LogP contribution in [-0.4, -0.2) is 49.9 Å². The van der Waals surface area contributed by atoms with E-state index in [1.807, 2.05) is 19.0 Å². The lowest BCUT2D eigenvalue weighted by molar-refractivity contribution is -0.113. The molecule has 11 heteroatoms. The predicted octanol–water partition coefficient (Wildman–Crippen LogP) is 7.12. The fraction of sp³-hybridized carbons (Fsp3) is 0.226. The third-order valence-corrected chi connectivity index (χ3v) is 7.03. The third-order valence-electron chi connectivity index (χ3n) is 6.47. The first-order chi connectivity index (χ1) is 19.9. The lowest BCUT2D eigenvalue weighted by atomic mass is 9.83. The van der Waals surface area contributed by atoms with Gasteiger partial charge in [0.25, 0.3) is 5.91 Å². The van der Waals surface area contributed by atoms with Crippen molar-refractivity contribution in [2.24, 2.45) is 0 Å². The Labute approximate surface area is 250 Å². The van der Waals surface area contributed by atoms with Gasteiger partial charge in [-0.25, -0.2) is 17.6 Å². The molecule has 0 saturated heterocycles. The van der Waals surface area contributed by atoms with Gasteiger partial charge in [0.15, 0.2) is 34.8 Å². The molecular weight excluding hydrogens is 595 g/mol. The maximum absolute atomic E-state index is 13.8. The van der Waals surface area contributed by atoms with Gasteiger partial charge < -0.3 is 15.0 Å². The monoisotopic (exact) mass is 620 g/mol. The zero-order valence-electron chi connectivity index (χ0n) is 22.6. The minimum absolute atomic E-state index is 0.0614. The van der Waals surface area contributed by atoms with Gasteiger partial charge in [0.05, 0.1) is 10.0 Å². The third kappa shape index (κ3) is 7.79. The number of benzene rings is 3. The molecule has 3 aromatic carbocycles. The highest BCUT2D eigenvalue weighted by Gasteiger charge is 2.29. The quantitative estimate of drug-likeness (QED) is 0.215. The maximum Gasteiger partial charge on any atom is 0.251 e. The van der Waals surface area contributed by atoms with Crippen molar-refractivity contribution in [1.82, 2.24) is 10.2 Å². The molecule has 5 nitrogen and oxygen atoms in total. The first kappa shape index (κ1) is 31.3. The van der Waals surface area contributed by atoms with Gasteiger partial charge >= 0.3 is 0 Å². The molecule has 220 valence electrons. The molecule has 1 amide bonds. The minimum Gasteiger partial charge on any atom is -0.489 e. The summed E-state index contributed by atoms with van der Waals surface area (Å²) in [6, 6.07) is 8.59. The number of Topliss-reactive ketones (excluding diaryl/α,β-unsaturated/α-hetero) is 1. The number of rotatable bonds is 8. The van der Waals surface area contributed by atoms with E-state index >= 15 is 0 Å². The van der Waals surface area contributed by atoms with Gasteiger partial charge in [-0.3, -0.25) is 9.59 Å². The Bertz CT molecular complexity index is 1490. The summed E-state index contributed by atoms with van der Waals surface area (Å²) in [6.45, 7) is 0.949. The van der Waals surface area contributed by atoms with Crippen molar-refractivity contribution in [3.8, 4) is 5.75 Å².